The largest absolute Gasteiger partial charge is 0.460 e. The van der Waals surface area contributed by atoms with Gasteiger partial charge in [-0.05, 0) is 31.1 Å². The molecule has 0 radical (unpaired) electrons. The second kappa shape index (κ2) is 5.52. The Morgan fingerprint density at radius 1 is 1.50 bits per heavy atom. The lowest BCUT2D eigenvalue weighted by atomic mass is 9.61. The van der Waals surface area contributed by atoms with E-state index < -0.39 is 5.97 Å². The number of esters is 1. The number of nitrogens with two attached hydrogens (primary N) is 1. The van der Waals surface area contributed by atoms with Crippen molar-refractivity contribution >= 4 is 5.97 Å². The number of ether oxygens (including phenoxy) is 1. The lowest BCUT2D eigenvalue weighted by molar-refractivity contribution is 0.0511. The Morgan fingerprint density at radius 2 is 2.20 bits per heavy atom. The lowest BCUT2D eigenvalue weighted by Crippen LogP contribution is -2.46. The molecule has 3 unspecified atom stereocenters. The highest BCUT2D eigenvalue weighted by atomic mass is 16.5. The first kappa shape index (κ1) is 15.0. The molecule has 1 aromatic heterocycles. The standard InChI is InChI=1S/C14H24N4O2/c1-5-20-13(19)12-16-11(17-18-12)9-6-7-10(15)8(2)14(9,3)4/h8-10H,5-7,15H2,1-4H3,(H,16,17,18). The van der Waals surface area contributed by atoms with E-state index in [0.29, 0.717) is 12.5 Å². The van der Waals surface area contributed by atoms with E-state index in [1.165, 1.54) is 0 Å². The van der Waals surface area contributed by atoms with Crippen molar-refractivity contribution in [3.8, 4) is 0 Å². The summed E-state index contributed by atoms with van der Waals surface area (Å²) >= 11 is 0. The molecule has 20 heavy (non-hydrogen) atoms. The van der Waals surface area contributed by atoms with Gasteiger partial charge in [-0.3, -0.25) is 5.10 Å². The molecule has 0 aromatic carbocycles. The molecule has 6 heteroatoms. The molecule has 1 saturated carbocycles. The smallest absolute Gasteiger partial charge is 0.378 e. The number of carbonyl (C=O) groups excluding carboxylic acids is 1. The Kier molecular flexibility index (Phi) is 4.13. The fraction of sp³-hybridized carbons (Fsp3) is 0.786. The summed E-state index contributed by atoms with van der Waals surface area (Å²) in [4.78, 5) is 16.0. The van der Waals surface area contributed by atoms with Gasteiger partial charge < -0.3 is 10.5 Å². The van der Waals surface area contributed by atoms with Crippen LogP contribution in [0.2, 0.25) is 0 Å². The first-order valence-electron chi connectivity index (χ1n) is 7.22. The maximum absolute atomic E-state index is 11.6. The molecule has 2 rings (SSSR count). The van der Waals surface area contributed by atoms with Crippen molar-refractivity contribution in [1.82, 2.24) is 15.2 Å². The number of aromatic nitrogens is 3. The summed E-state index contributed by atoms with van der Waals surface area (Å²) in [5, 5.41) is 6.88. The van der Waals surface area contributed by atoms with Crippen LogP contribution in [0.3, 0.4) is 0 Å². The van der Waals surface area contributed by atoms with Crippen LogP contribution >= 0.6 is 0 Å². The zero-order valence-corrected chi connectivity index (χ0v) is 12.6. The molecular formula is C14H24N4O2. The fourth-order valence-electron chi connectivity index (χ4n) is 3.06. The van der Waals surface area contributed by atoms with Gasteiger partial charge in [0.25, 0.3) is 5.82 Å². The van der Waals surface area contributed by atoms with Crippen LogP contribution in [-0.4, -0.2) is 33.8 Å². The van der Waals surface area contributed by atoms with Gasteiger partial charge in [0, 0.05) is 12.0 Å². The summed E-state index contributed by atoms with van der Waals surface area (Å²) in [6.07, 6.45) is 1.92. The van der Waals surface area contributed by atoms with Crippen molar-refractivity contribution in [2.24, 2.45) is 17.1 Å². The van der Waals surface area contributed by atoms with Crippen LogP contribution in [0.15, 0.2) is 0 Å². The Labute approximate surface area is 119 Å². The fourth-order valence-corrected chi connectivity index (χ4v) is 3.06. The van der Waals surface area contributed by atoms with Crippen LogP contribution < -0.4 is 5.73 Å². The molecule has 1 aromatic rings. The molecule has 6 nitrogen and oxygen atoms in total. The number of rotatable bonds is 3. The molecule has 0 aliphatic heterocycles. The molecule has 3 N–H and O–H groups in total. The predicted molar refractivity (Wildman–Crippen MR) is 75.2 cm³/mol. The summed E-state index contributed by atoms with van der Waals surface area (Å²) in [5.41, 5.74) is 6.18. The van der Waals surface area contributed by atoms with Gasteiger partial charge in [-0.25, -0.2) is 9.78 Å². The van der Waals surface area contributed by atoms with Crippen LogP contribution in [0, 0.1) is 11.3 Å². The number of carbonyl (C=O) groups is 1. The molecular weight excluding hydrogens is 256 g/mol. The van der Waals surface area contributed by atoms with Crippen LogP contribution in [-0.2, 0) is 4.74 Å². The van der Waals surface area contributed by atoms with Crippen LogP contribution in [0.5, 0.6) is 0 Å². The molecule has 0 amide bonds. The minimum absolute atomic E-state index is 0.0170. The van der Waals surface area contributed by atoms with E-state index in [9.17, 15) is 4.79 Å². The van der Waals surface area contributed by atoms with Gasteiger partial charge in [0.15, 0.2) is 0 Å². The molecule has 0 saturated heterocycles. The summed E-state index contributed by atoms with van der Waals surface area (Å²) < 4.78 is 4.91. The average Bonchev–Trinajstić information content (AvgIpc) is 2.86. The van der Waals surface area contributed by atoms with Crippen molar-refractivity contribution in [2.75, 3.05) is 6.61 Å². The Hall–Kier alpha value is -1.43. The lowest BCUT2D eigenvalue weighted by Gasteiger charge is -2.45. The van der Waals surface area contributed by atoms with Gasteiger partial charge in [-0.15, -0.1) is 5.10 Å². The van der Waals surface area contributed by atoms with E-state index in [1.807, 2.05) is 0 Å². The normalized spacial score (nSPS) is 29.1. The molecule has 1 fully saturated rings. The Balaban J connectivity index is 2.21. The number of H-pyrrole nitrogens is 1. The molecule has 0 spiro atoms. The third-order valence-corrected chi connectivity index (χ3v) is 4.79. The number of aromatic amines is 1. The van der Waals surface area contributed by atoms with Crippen molar-refractivity contribution in [1.29, 1.82) is 0 Å². The highest BCUT2D eigenvalue weighted by Crippen LogP contribution is 2.48. The van der Waals surface area contributed by atoms with Crippen molar-refractivity contribution in [2.45, 2.75) is 52.5 Å². The summed E-state index contributed by atoms with van der Waals surface area (Å²) in [6.45, 7) is 8.67. The second-order valence-electron chi connectivity index (χ2n) is 6.17. The quantitative estimate of drug-likeness (QED) is 0.824. The van der Waals surface area contributed by atoms with Crippen LogP contribution in [0.1, 0.15) is 62.9 Å². The molecule has 112 valence electrons. The van der Waals surface area contributed by atoms with Crippen molar-refractivity contribution in [3.05, 3.63) is 11.6 Å². The first-order valence-corrected chi connectivity index (χ1v) is 7.22. The number of nitrogens with one attached hydrogen (secondary N) is 1. The van der Waals surface area contributed by atoms with Crippen molar-refractivity contribution in [3.63, 3.8) is 0 Å². The number of nitrogens with zero attached hydrogens (tertiary/aromatic N) is 2. The Bertz CT molecular complexity index is 483. The van der Waals surface area contributed by atoms with Crippen molar-refractivity contribution < 1.29 is 9.53 Å². The first-order chi connectivity index (χ1) is 9.37. The van der Waals surface area contributed by atoms with E-state index in [1.54, 1.807) is 6.92 Å². The summed E-state index contributed by atoms with van der Waals surface area (Å²) in [7, 11) is 0. The minimum Gasteiger partial charge on any atom is -0.460 e. The second-order valence-corrected chi connectivity index (χ2v) is 6.17. The average molecular weight is 280 g/mol. The molecule has 0 bridgehead atoms. The molecule has 1 aliphatic rings. The van der Waals surface area contributed by atoms with E-state index in [0.717, 1.165) is 18.7 Å². The molecule has 3 atom stereocenters. The number of hydrogen-bond acceptors (Lipinski definition) is 5. The van der Waals surface area contributed by atoms with Gasteiger partial charge in [0.2, 0.25) is 0 Å². The van der Waals surface area contributed by atoms with E-state index >= 15 is 0 Å². The maximum atomic E-state index is 11.6. The highest BCUT2D eigenvalue weighted by molar-refractivity contribution is 5.84. The monoisotopic (exact) mass is 280 g/mol. The zero-order valence-electron chi connectivity index (χ0n) is 12.6. The van der Waals surface area contributed by atoms with Gasteiger partial charge in [0.05, 0.1) is 6.61 Å². The van der Waals surface area contributed by atoms with Crippen LogP contribution in [0.4, 0.5) is 0 Å². The number of hydrogen-bond donors (Lipinski definition) is 2. The van der Waals surface area contributed by atoms with E-state index in [-0.39, 0.29) is 23.2 Å². The van der Waals surface area contributed by atoms with Gasteiger partial charge in [-0.2, -0.15) is 0 Å². The van der Waals surface area contributed by atoms with Gasteiger partial charge in [0.1, 0.15) is 5.82 Å². The predicted octanol–water partition coefficient (Wildman–Crippen LogP) is 1.85. The van der Waals surface area contributed by atoms with E-state index in [4.69, 9.17) is 10.5 Å². The summed E-state index contributed by atoms with van der Waals surface area (Å²) in [6, 6.07) is 0.216. The van der Waals surface area contributed by atoms with Gasteiger partial charge in [-0.1, -0.05) is 20.8 Å². The van der Waals surface area contributed by atoms with E-state index in [2.05, 4.69) is 36.0 Å². The third kappa shape index (κ3) is 2.57. The van der Waals surface area contributed by atoms with Crippen LogP contribution in [0.25, 0.3) is 0 Å². The third-order valence-electron chi connectivity index (χ3n) is 4.79. The van der Waals surface area contributed by atoms with Gasteiger partial charge >= 0.3 is 5.97 Å². The maximum Gasteiger partial charge on any atom is 0.378 e. The summed E-state index contributed by atoms with van der Waals surface area (Å²) in [5.74, 6) is 1.01. The zero-order chi connectivity index (χ0) is 14.9. The SMILES string of the molecule is CCOC(=O)c1n[nH]c(C2CCC(N)C(C)C2(C)C)n1. The topological polar surface area (TPSA) is 93.9 Å². The Morgan fingerprint density at radius 3 is 2.85 bits per heavy atom. The molecule has 1 heterocycles. The highest BCUT2D eigenvalue weighted by Gasteiger charge is 2.43. The minimum atomic E-state index is -0.478. The molecule has 1 aliphatic carbocycles.